The molecule has 130 valence electrons. The van der Waals surface area contributed by atoms with Gasteiger partial charge in [-0.3, -0.25) is 4.98 Å². The van der Waals surface area contributed by atoms with Crippen LogP contribution < -0.4 is 22.5 Å². The van der Waals surface area contributed by atoms with E-state index in [0.29, 0.717) is 12.1 Å². The van der Waals surface area contributed by atoms with Crippen LogP contribution in [0.2, 0.25) is 0 Å². The third-order valence-electron chi connectivity index (χ3n) is 3.71. The smallest absolute Gasteiger partial charge is 0.129 e. The van der Waals surface area contributed by atoms with Crippen molar-refractivity contribution in [1.82, 2.24) is 10.3 Å². The van der Waals surface area contributed by atoms with Gasteiger partial charge in [0.1, 0.15) is 18.2 Å². The summed E-state index contributed by atoms with van der Waals surface area (Å²) in [6, 6.07) is 18.4. The molecule has 3 nitrogen and oxygen atoms in total. The monoisotopic (exact) mass is 357 g/mol. The first-order chi connectivity index (χ1) is 11.8. The van der Waals surface area contributed by atoms with Crippen molar-refractivity contribution in [3.8, 4) is 5.75 Å². The van der Waals surface area contributed by atoms with Crippen molar-refractivity contribution >= 4 is 0 Å². The van der Waals surface area contributed by atoms with Crippen LogP contribution >= 0.6 is 0 Å². The molecule has 0 unspecified atom stereocenters. The van der Waals surface area contributed by atoms with E-state index in [0.717, 1.165) is 17.9 Å². The molecule has 0 spiro atoms. The van der Waals surface area contributed by atoms with Gasteiger partial charge in [0.15, 0.2) is 0 Å². The summed E-state index contributed by atoms with van der Waals surface area (Å²) < 4.78 is 19.5. The fourth-order valence-electron chi connectivity index (χ4n) is 2.40. The summed E-state index contributed by atoms with van der Waals surface area (Å²) in [5.41, 5.74) is 2.77. The molecule has 1 aromatic heterocycles. The second-order valence-corrected chi connectivity index (χ2v) is 5.45. The Labute approximate surface area is 153 Å². The number of aromatic nitrogens is 1. The minimum atomic E-state index is -0.245. The molecule has 0 aliphatic carbocycles. The van der Waals surface area contributed by atoms with Gasteiger partial charge >= 0.3 is 0 Å². The Morgan fingerprint density at radius 3 is 2.28 bits per heavy atom. The van der Waals surface area contributed by atoms with Gasteiger partial charge in [-0.05, 0) is 29.8 Å². The van der Waals surface area contributed by atoms with Gasteiger partial charge in [0, 0.05) is 36.6 Å². The van der Waals surface area contributed by atoms with Crippen molar-refractivity contribution in [1.29, 1.82) is 0 Å². The van der Waals surface area contributed by atoms with E-state index in [1.165, 1.54) is 11.6 Å². The molecule has 1 heterocycles. The van der Waals surface area contributed by atoms with Gasteiger partial charge in [-0.2, -0.15) is 0 Å². The number of halogens is 2. The largest absolute Gasteiger partial charge is 1.00 e. The molecule has 0 aliphatic heterocycles. The molecule has 3 rings (SSSR count). The highest BCUT2D eigenvalue weighted by Gasteiger charge is 2.06. The molecule has 3 aromatic rings. The lowest BCUT2D eigenvalue weighted by Crippen LogP contribution is -3.00. The number of benzene rings is 2. The Hall–Kier alpha value is -2.43. The van der Waals surface area contributed by atoms with Gasteiger partial charge in [0.2, 0.25) is 0 Å². The Bertz CT molecular complexity index is 783. The molecule has 0 radical (unpaired) electrons. The van der Waals surface area contributed by atoms with E-state index in [2.05, 4.69) is 10.3 Å². The van der Waals surface area contributed by atoms with Crippen LogP contribution in [0.5, 0.6) is 5.75 Å². The number of nitrogens with one attached hydrogen (secondary N) is 1. The summed E-state index contributed by atoms with van der Waals surface area (Å²) in [4.78, 5) is 4.01. The van der Waals surface area contributed by atoms with E-state index in [4.69, 9.17) is 4.74 Å². The highest BCUT2D eigenvalue weighted by atomic mass is 35.5. The molecule has 2 aromatic carbocycles. The van der Waals surface area contributed by atoms with Gasteiger partial charge in [-0.1, -0.05) is 36.4 Å². The van der Waals surface area contributed by atoms with E-state index in [1.807, 2.05) is 42.5 Å². The van der Waals surface area contributed by atoms with Gasteiger partial charge in [0.25, 0.3) is 0 Å². The number of ether oxygens (including phenoxy) is 1. The normalized spacial score (nSPS) is 10.1. The van der Waals surface area contributed by atoms with Crippen molar-refractivity contribution in [2.24, 2.45) is 0 Å². The number of para-hydroxylation sites is 1. The average molecular weight is 358 g/mol. The second-order valence-electron chi connectivity index (χ2n) is 5.45. The highest BCUT2D eigenvalue weighted by Crippen LogP contribution is 2.20. The summed E-state index contributed by atoms with van der Waals surface area (Å²) in [6.45, 7) is 1.65. The molecular weight excluding hydrogens is 339 g/mol. The van der Waals surface area contributed by atoms with Crippen LogP contribution in [0.15, 0.2) is 73.1 Å². The first-order valence-electron chi connectivity index (χ1n) is 7.86. The van der Waals surface area contributed by atoms with E-state index in [9.17, 15) is 4.39 Å². The topological polar surface area (TPSA) is 34.1 Å². The predicted molar refractivity (Wildman–Crippen MR) is 92.0 cm³/mol. The fourth-order valence-corrected chi connectivity index (χ4v) is 2.40. The van der Waals surface area contributed by atoms with Crippen LogP contribution in [0.25, 0.3) is 0 Å². The Morgan fingerprint density at radius 1 is 0.840 bits per heavy atom. The molecule has 0 saturated heterocycles. The van der Waals surface area contributed by atoms with Gasteiger partial charge in [-0.25, -0.2) is 4.39 Å². The molecule has 5 heteroatoms. The van der Waals surface area contributed by atoms with Gasteiger partial charge < -0.3 is 22.5 Å². The van der Waals surface area contributed by atoms with Crippen molar-refractivity contribution in [3.05, 3.63) is 95.6 Å². The summed E-state index contributed by atoms with van der Waals surface area (Å²) in [5.74, 6) is 0.522. The molecule has 1 N–H and O–H groups in total. The maximum absolute atomic E-state index is 13.7. The molecule has 0 atom stereocenters. The van der Waals surface area contributed by atoms with Crippen LogP contribution in [-0.4, -0.2) is 4.98 Å². The lowest BCUT2D eigenvalue weighted by molar-refractivity contribution is -0.00000587. The summed E-state index contributed by atoms with van der Waals surface area (Å²) >= 11 is 0. The minimum absolute atomic E-state index is 0. The standard InChI is InChI=1S/C20H19FN2O.ClH/c21-19-7-3-1-6-18(19)15-24-20-8-4-2-5-17(20)14-23-13-16-9-11-22-12-10-16;/h1-12,23H,13-15H2;1H/p-1. The number of hydrogen-bond acceptors (Lipinski definition) is 3. The Kier molecular flexibility index (Phi) is 7.38. The Balaban J connectivity index is 0.00000225. The van der Waals surface area contributed by atoms with Crippen molar-refractivity contribution in [2.45, 2.75) is 19.7 Å². The van der Waals surface area contributed by atoms with E-state index >= 15 is 0 Å². The molecule has 0 amide bonds. The first-order valence-corrected chi connectivity index (χ1v) is 7.86. The Morgan fingerprint density at radius 2 is 1.52 bits per heavy atom. The molecule has 25 heavy (non-hydrogen) atoms. The van der Waals surface area contributed by atoms with Gasteiger partial charge in [0.05, 0.1) is 0 Å². The summed E-state index contributed by atoms with van der Waals surface area (Å²) in [5, 5.41) is 3.39. The van der Waals surface area contributed by atoms with Crippen molar-refractivity contribution < 1.29 is 21.5 Å². The minimum Gasteiger partial charge on any atom is -1.00 e. The number of pyridine rings is 1. The quantitative estimate of drug-likeness (QED) is 0.687. The number of hydrogen-bond donors (Lipinski definition) is 1. The number of nitrogens with zero attached hydrogens (tertiary/aromatic N) is 1. The maximum atomic E-state index is 13.7. The molecular formula is C20H19ClFN2O-. The van der Waals surface area contributed by atoms with Crippen molar-refractivity contribution in [3.63, 3.8) is 0 Å². The molecule has 0 fully saturated rings. The van der Waals surface area contributed by atoms with Crippen LogP contribution in [0.1, 0.15) is 16.7 Å². The van der Waals surface area contributed by atoms with E-state index in [-0.39, 0.29) is 24.8 Å². The lowest BCUT2D eigenvalue weighted by atomic mass is 10.2. The van der Waals surface area contributed by atoms with Crippen LogP contribution in [0, 0.1) is 5.82 Å². The lowest BCUT2D eigenvalue weighted by Gasteiger charge is -2.12. The van der Waals surface area contributed by atoms with E-state index in [1.54, 1.807) is 24.5 Å². The zero-order valence-electron chi connectivity index (χ0n) is 13.7. The average Bonchev–Trinajstić information content (AvgIpc) is 2.63. The van der Waals surface area contributed by atoms with Crippen LogP contribution in [-0.2, 0) is 19.7 Å². The molecule has 0 bridgehead atoms. The van der Waals surface area contributed by atoms with Crippen LogP contribution in [0.4, 0.5) is 4.39 Å². The highest BCUT2D eigenvalue weighted by molar-refractivity contribution is 5.33. The molecule has 0 saturated carbocycles. The zero-order chi connectivity index (χ0) is 16.6. The zero-order valence-corrected chi connectivity index (χ0v) is 14.4. The van der Waals surface area contributed by atoms with Crippen molar-refractivity contribution in [2.75, 3.05) is 0 Å². The fraction of sp³-hybridized carbons (Fsp3) is 0.150. The van der Waals surface area contributed by atoms with Gasteiger partial charge in [-0.15, -0.1) is 0 Å². The maximum Gasteiger partial charge on any atom is 0.129 e. The summed E-state index contributed by atoms with van der Waals surface area (Å²) in [6.07, 6.45) is 3.56. The third kappa shape index (κ3) is 5.55. The third-order valence-corrected chi connectivity index (χ3v) is 3.71. The second kappa shape index (κ2) is 9.77. The molecule has 0 aliphatic rings. The van der Waals surface area contributed by atoms with E-state index < -0.39 is 0 Å². The SMILES string of the molecule is Fc1ccccc1COc1ccccc1CNCc1ccncc1.[Cl-]. The summed E-state index contributed by atoms with van der Waals surface area (Å²) in [7, 11) is 0. The first kappa shape index (κ1) is 18.9. The van der Waals surface area contributed by atoms with Crippen LogP contribution in [0.3, 0.4) is 0 Å². The predicted octanol–water partition coefficient (Wildman–Crippen LogP) is 1.09. The number of rotatable bonds is 7.